The molecular formula is C26H20N4O8. The minimum absolute atomic E-state index is 0.0495. The number of Topliss-reactive ketones (excluding diaryl/α,β-unsaturated/α-hetero) is 1. The van der Waals surface area contributed by atoms with Crippen molar-refractivity contribution in [2.75, 3.05) is 6.54 Å². The van der Waals surface area contributed by atoms with Crippen molar-refractivity contribution in [2.45, 2.75) is 6.42 Å². The van der Waals surface area contributed by atoms with Crippen LogP contribution < -0.4 is 0 Å². The molecule has 0 N–H and O–H groups in total. The number of non-ortho nitro benzene ring substituents is 2. The Morgan fingerprint density at radius 1 is 0.789 bits per heavy atom. The number of nitro groups is 2. The highest BCUT2D eigenvalue weighted by Crippen LogP contribution is 2.65. The molecule has 5 aliphatic rings. The number of amides is 3. The number of imide groups is 1. The molecule has 0 unspecified atom stereocenters. The smallest absolute Gasteiger partial charge is 0.273 e. The Labute approximate surface area is 214 Å². The Hall–Kier alpha value is -4.74. The highest BCUT2D eigenvalue weighted by Gasteiger charge is 2.68. The van der Waals surface area contributed by atoms with Crippen molar-refractivity contribution in [3.05, 3.63) is 92.0 Å². The Kier molecular flexibility index (Phi) is 5.23. The highest BCUT2D eigenvalue weighted by molar-refractivity contribution is 6.10. The van der Waals surface area contributed by atoms with Crippen molar-refractivity contribution in [2.24, 2.45) is 35.5 Å². The van der Waals surface area contributed by atoms with E-state index in [2.05, 4.69) is 0 Å². The van der Waals surface area contributed by atoms with Crippen LogP contribution in [0.2, 0.25) is 0 Å². The summed E-state index contributed by atoms with van der Waals surface area (Å²) in [7, 11) is 0. The first-order valence-electron chi connectivity index (χ1n) is 12.1. The van der Waals surface area contributed by atoms with Gasteiger partial charge in [-0.2, -0.15) is 5.01 Å². The monoisotopic (exact) mass is 516 g/mol. The van der Waals surface area contributed by atoms with E-state index in [-0.39, 0.29) is 34.3 Å². The number of allylic oxidation sites excluding steroid dienone is 2. The van der Waals surface area contributed by atoms with Gasteiger partial charge >= 0.3 is 0 Å². The third-order valence-electron chi connectivity index (χ3n) is 8.13. The molecule has 1 heterocycles. The summed E-state index contributed by atoms with van der Waals surface area (Å²) in [5.74, 6) is -3.32. The number of nitro benzene ring substituents is 2. The highest BCUT2D eigenvalue weighted by atomic mass is 16.6. The van der Waals surface area contributed by atoms with Crippen LogP contribution in [0.25, 0.3) is 0 Å². The Morgan fingerprint density at radius 3 is 1.68 bits per heavy atom. The largest absolute Gasteiger partial charge is 0.292 e. The Balaban J connectivity index is 1.34. The van der Waals surface area contributed by atoms with E-state index < -0.39 is 51.7 Å². The molecule has 3 fully saturated rings. The minimum atomic E-state index is -0.846. The fourth-order valence-electron chi connectivity index (χ4n) is 6.28. The summed E-state index contributed by atoms with van der Waals surface area (Å²) in [5, 5.41) is 23.6. The summed E-state index contributed by atoms with van der Waals surface area (Å²) in [6.07, 6.45) is 4.93. The number of nitrogens with zero attached hydrogens (tertiary/aromatic N) is 4. The molecule has 6 atom stereocenters. The van der Waals surface area contributed by atoms with E-state index in [1.54, 1.807) is 0 Å². The number of rotatable bonds is 7. The fourth-order valence-corrected chi connectivity index (χ4v) is 6.28. The summed E-state index contributed by atoms with van der Waals surface area (Å²) in [6, 6.07) is 9.40. The number of hydrogen-bond donors (Lipinski definition) is 0. The Morgan fingerprint density at radius 2 is 1.24 bits per heavy atom. The van der Waals surface area contributed by atoms with Gasteiger partial charge in [0.2, 0.25) is 0 Å². The molecular weight excluding hydrogens is 496 g/mol. The molecule has 0 radical (unpaired) electrons. The van der Waals surface area contributed by atoms with Crippen molar-refractivity contribution < 1.29 is 29.0 Å². The van der Waals surface area contributed by atoms with Gasteiger partial charge in [-0.3, -0.25) is 39.4 Å². The molecule has 1 saturated heterocycles. The molecule has 2 saturated carbocycles. The van der Waals surface area contributed by atoms with Crippen LogP contribution >= 0.6 is 0 Å². The van der Waals surface area contributed by atoms with Gasteiger partial charge in [0.15, 0.2) is 5.78 Å². The second-order valence-corrected chi connectivity index (χ2v) is 10.0. The van der Waals surface area contributed by atoms with Gasteiger partial charge in [0.05, 0.1) is 21.7 Å². The van der Waals surface area contributed by atoms with Crippen LogP contribution in [-0.2, 0) is 9.59 Å². The van der Waals surface area contributed by atoms with Gasteiger partial charge in [-0.15, -0.1) is 0 Å². The van der Waals surface area contributed by atoms with Crippen LogP contribution in [0.15, 0.2) is 60.7 Å². The van der Waals surface area contributed by atoms with Crippen LogP contribution in [0.5, 0.6) is 0 Å². The van der Waals surface area contributed by atoms with Crippen molar-refractivity contribution in [3.8, 4) is 0 Å². The molecule has 3 amide bonds. The van der Waals surface area contributed by atoms with Crippen LogP contribution in [0.3, 0.4) is 0 Å². The molecule has 2 bridgehead atoms. The summed E-state index contributed by atoms with van der Waals surface area (Å²) in [4.78, 5) is 74.9. The van der Waals surface area contributed by atoms with Crippen molar-refractivity contribution in [3.63, 3.8) is 0 Å². The quantitative estimate of drug-likeness (QED) is 0.178. The van der Waals surface area contributed by atoms with E-state index >= 15 is 0 Å². The third kappa shape index (κ3) is 3.51. The minimum Gasteiger partial charge on any atom is -0.292 e. The molecule has 2 aromatic rings. The zero-order chi connectivity index (χ0) is 26.9. The molecule has 7 rings (SSSR count). The zero-order valence-electron chi connectivity index (χ0n) is 19.7. The summed E-state index contributed by atoms with van der Waals surface area (Å²) < 4.78 is 0. The van der Waals surface area contributed by atoms with Gasteiger partial charge in [-0.25, -0.2) is 5.01 Å². The summed E-state index contributed by atoms with van der Waals surface area (Å²) >= 11 is 0. The lowest BCUT2D eigenvalue weighted by atomic mass is 9.63. The lowest BCUT2D eigenvalue weighted by Crippen LogP contribution is -2.52. The lowest BCUT2D eigenvalue weighted by molar-refractivity contribution is -0.385. The maximum Gasteiger partial charge on any atom is 0.273 e. The second-order valence-electron chi connectivity index (χ2n) is 10.0. The van der Waals surface area contributed by atoms with Crippen molar-refractivity contribution in [1.82, 2.24) is 10.0 Å². The van der Waals surface area contributed by atoms with Gasteiger partial charge in [-0.1, -0.05) is 12.2 Å². The van der Waals surface area contributed by atoms with E-state index in [1.165, 1.54) is 24.3 Å². The van der Waals surface area contributed by atoms with Gasteiger partial charge in [0.1, 0.15) is 6.54 Å². The molecule has 4 aliphatic carbocycles. The first kappa shape index (κ1) is 23.6. The second kappa shape index (κ2) is 8.40. The SMILES string of the molecule is O=C(CN(C(=O)c1ccc([N+](=O)[O-])cc1)N1C(=O)[C@@H]2[C@H]3C=C[C@@H]([C@@H]4C[C@H]34)[C@H]2C1=O)c1ccc([N+](=O)[O-])cc1. The first-order chi connectivity index (χ1) is 18.2. The molecule has 0 spiro atoms. The van der Waals surface area contributed by atoms with E-state index in [0.29, 0.717) is 11.8 Å². The molecule has 192 valence electrons. The van der Waals surface area contributed by atoms with E-state index in [4.69, 9.17) is 0 Å². The average Bonchev–Trinajstić information content (AvgIpc) is 3.70. The lowest BCUT2D eigenvalue weighted by Gasteiger charge is -2.37. The Bertz CT molecular complexity index is 1410. The van der Waals surface area contributed by atoms with Crippen LogP contribution in [0.4, 0.5) is 11.4 Å². The third-order valence-corrected chi connectivity index (χ3v) is 8.13. The summed E-state index contributed by atoms with van der Waals surface area (Å²) in [6.45, 7) is -0.680. The van der Waals surface area contributed by atoms with Gasteiger partial charge in [0, 0.05) is 35.4 Å². The van der Waals surface area contributed by atoms with E-state index in [0.717, 1.165) is 40.7 Å². The van der Waals surface area contributed by atoms with E-state index in [1.807, 2.05) is 12.2 Å². The molecule has 12 heteroatoms. The van der Waals surface area contributed by atoms with Crippen LogP contribution in [0, 0.1) is 55.7 Å². The molecule has 12 nitrogen and oxygen atoms in total. The standard InChI is InChI=1S/C26H20N4O8/c31-21(13-1-5-15(6-2-13)29(35)36)12-27(24(32)14-3-7-16(8-4-14)30(37)38)28-25(33)22-17-9-10-18(20-11-19(17)20)23(22)26(28)34/h1-10,17-20,22-23H,11-12H2/t17-,18-,19-,20+,22+,23+/m0/s1. The normalized spacial score (nSPS) is 28.1. The molecule has 1 aliphatic heterocycles. The van der Waals surface area contributed by atoms with Gasteiger partial charge in [-0.05, 0) is 54.4 Å². The number of hydrogen-bond acceptors (Lipinski definition) is 8. The number of carbonyl (C=O) groups excluding carboxylic acids is 4. The number of benzene rings is 2. The van der Waals surface area contributed by atoms with E-state index in [9.17, 15) is 39.4 Å². The van der Waals surface area contributed by atoms with Crippen LogP contribution in [-0.4, -0.2) is 49.9 Å². The topological polar surface area (TPSA) is 161 Å². The maximum absolute atomic E-state index is 13.7. The molecule has 2 aromatic carbocycles. The number of carbonyl (C=O) groups is 4. The summed E-state index contributed by atoms with van der Waals surface area (Å²) in [5.41, 5.74) is -0.477. The predicted octanol–water partition coefficient (Wildman–Crippen LogP) is 2.80. The van der Waals surface area contributed by atoms with Crippen LogP contribution in [0.1, 0.15) is 27.1 Å². The fraction of sp³-hybridized carbons (Fsp3) is 0.308. The zero-order valence-corrected chi connectivity index (χ0v) is 19.7. The average molecular weight is 516 g/mol. The number of ketones is 1. The first-order valence-corrected chi connectivity index (χ1v) is 12.1. The maximum atomic E-state index is 13.7. The predicted molar refractivity (Wildman–Crippen MR) is 128 cm³/mol. The van der Waals surface area contributed by atoms with Gasteiger partial charge < -0.3 is 0 Å². The number of hydrazine groups is 1. The van der Waals surface area contributed by atoms with Gasteiger partial charge in [0.25, 0.3) is 29.1 Å². The molecule has 0 aromatic heterocycles. The van der Waals surface area contributed by atoms with Crippen molar-refractivity contribution >= 4 is 34.9 Å². The molecule has 38 heavy (non-hydrogen) atoms. The van der Waals surface area contributed by atoms with Crippen molar-refractivity contribution in [1.29, 1.82) is 0 Å².